The Hall–Kier alpha value is -0.990. The lowest BCUT2D eigenvalue weighted by atomic mass is 10.3. The maximum Gasteiger partial charge on any atom is 0.0717 e. The molecule has 0 aromatic heterocycles. The Kier molecular flexibility index (Phi) is 3.29. The smallest absolute Gasteiger partial charge is 0.0717 e. The average Bonchev–Trinajstić information content (AvgIpc) is 2.25. The molecule has 0 spiro atoms. The van der Waals surface area contributed by atoms with Crippen molar-refractivity contribution in [3.05, 3.63) is 58.0 Å². The molecule has 0 radical (unpaired) electrons. The average molecular weight is 283 g/mol. The molecule has 0 fully saturated rings. The second kappa shape index (κ2) is 4.69. The third-order valence-corrected chi connectivity index (χ3v) is 2.98. The Balaban J connectivity index is 2.32. The zero-order valence-electron chi connectivity index (χ0n) is 7.87. The molecule has 0 unspecified atom stereocenters. The standard InChI is InChI=1S/C12H9BrClN/c13-10-7-4-8-11(14)12(10)15-9-5-2-1-3-6-9/h1-8,15H. The molecule has 0 heterocycles. The molecule has 3 heteroatoms. The molecule has 0 saturated carbocycles. The van der Waals surface area contributed by atoms with Gasteiger partial charge in [-0.05, 0) is 40.2 Å². The highest BCUT2D eigenvalue weighted by molar-refractivity contribution is 9.10. The van der Waals surface area contributed by atoms with Gasteiger partial charge in [0.05, 0.1) is 10.7 Å². The van der Waals surface area contributed by atoms with Gasteiger partial charge in [0.25, 0.3) is 0 Å². The van der Waals surface area contributed by atoms with Gasteiger partial charge in [-0.3, -0.25) is 0 Å². The van der Waals surface area contributed by atoms with Crippen molar-refractivity contribution >= 4 is 38.9 Å². The summed E-state index contributed by atoms with van der Waals surface area (Å²) in [6, 6.07) is 15.6. The van der Waals surface area contributed by atoms with Crippen LogP contribution in [0.4, 0.5) is 11.4 Å². The third-order valence-electron chi connectivity index (χ3n) is 2.01. The molecule has 0 saturated heterocycles. The summed E-state index contributed by atoms with van der Waals surface area (Å²) in [6.07, 6.45) is 0. The van der Waals surface area contributed by atoms with Crippen LogP contribution in [-0.4, -0.2) is 0 Å². The summed E-state index contributed by atoms with van der Waals surface area (Å²) in [5.41, 5.74) is 1.91. The van der Waals surface area contributed by atoms with Gasteiger partial charge >= 0.3 is 0 Å². The first-order chi connectivity index (χ1) is 7.27. The van der Waals surface area contributed by atoms with Gasteiger partial charge in [0.1, 0.15) is 0 Å². The monoisotopic (exact) mass is 281 g/mol. The van der Waals surface area contributed by atoms with E-state index in [1.54, 1.807) is 0 Å². The van der Waals surface area contributed by atoms with Crippen molar-refractivity contribution in [2.75, 3.05) is 5.32 Å². The lowest BCUT2D eigenvalue weighted by molar-refractivity contribution is 1.52. The van der Waals surface area contributed by atoms with Gasteiger partial charge < -0.3 is 5.32 Å². The highest BCUT2D eigenvalue weighted by atomic mass is 79.9. The summed E-state index contributed by atoms with van der Waals surface area (Å²) in [5.74, 6) is 0. The summed E-state index contributed by atoms with van der Waals surface area (Å²) >= 11 is 9.54. The molecule has 1 nitrogen and oxygen atoms in total. The second-order valence-electron chi connectivity index (χ2n) is 3.09. The molecule has 1 N–H and O–H groups in total. The summed E-state index contributed by atoms with van der Waals surface area (Å²) in [6.45, 7) is 0. The first kappa shape index (κ1) is 10.5. The number of benzene rings is 2. The molecule has 76 valence electrons. The predicted octanol–water partition coefficient (Wildman–Crippen LogP) is 4.85. The van der Waals surface area contributed by atoms with E-state index in [-0.39, 0.29) is 0 Å². The number of halogens is 2. The normalized spacial score (nSPS) is 10.0. The molecule has 15 heavy (non-hydrogen) atoms. The zero-order valence-corrected chi connectivity index (χ0v) is 10.2. The Morgan fingerprint density at radius 3 is 2.33 bits per heavy atom. The fourth-order valence-electron chi connectivity index (χ4n) is 1.28. The quantitative estimate of drug-likeness (QED) is 0.830. The maximum absolute atomic E-state index is 6.09. The Morgan fingerprint density at radius 2 is 1.67 bits per heavy atom. The van der Waals surface area contributed by atoms with Crippen molar-refractivity contribution in [1.29, 1.82) is 0 Å². The SMILES string of the molecule is Clc1cccc(Br)c1Nc1ccccc1. The van der Waals surface area contributed by atoms with Crippen LogP contribution in [0.3, 0.4) is 0 Å². The van der Waals surface area contributed by atoms with Gasteiger partial charge in [0.2, 0.25) is 0 Å². The highest BCUT2D eigenvalue weighted by Crippen LogP contribution is 2.32. The molecule has 2 aromatic carbocycles. The van der Waals surface area contributed by atoms with Crippen LogP contribution < -0.4 is 5.32 Å². The maximum atomic E-state index is 6.09. The van der Waals surface area contributed by atoms with Crippen LogP contribution in [0.1, 0.15) is 0 Å². The van der Waals surface area contributed by atoms with Gasteiger partial charge in [0, 0.05) is 10.2 Å². The molecule has 0 amide bonds. The number of nitrogens with one attached hydrogen (secondary N) is 1. The molecule has 0 aliphatic heterocycles. The number of para-hydroxylation sites is 2. The second-order valence-corrected chi connectivity index (χ2v) is 4.35. The molecule has 2 rings (SSSR count). The molecular weight excluding hydrogens is 273 g/mol. The summed E-state index contributed by atoms with van der Waals surface area (Å²) < 4.78 is 0.957. The van der Waals surface area contributed by atoms with Gasteiger partial charge in [-0.15, -0.1) is 0 Å². The molecule has 0 bridgehead atoms. The summed E-state index contributed by atoms with van der Waals surface area (Å²) in [5, 5.41) is 3.96. The van der Waals surface area contributed by atoms with Gasteiger partial charge in [0.15, 0.2) is 0 Å². The van der Waals surface area contributed by atoms with Crippen molar-refractivity contribution in [2.45, 2.75) is 0 Å². The lowest BCUT2D eigenvalue weighted by Gasteiger charge is -2.09. The van der Waals surface area contributed by atoms with Crippen molar-refractivity contribution in [3.63, 3.8) is 0 Å². The van der Waals surface area contributed by atoms with Gasteiger partial charge in [-0.2, -0.15) is 0 Å². The van der Waals surface area contributed by atoms with Crippen LogP contribution in [-0.2, 0) is 0 Å². The topological polar surface area (TPSA) is 12.0 Å². The highest BCUT2D eigenvalue weighted by Gasteiger charge is 2.04. The minimum Gasteiger partial charge on any atom is -0.353 e. The lowest BCUT2D eigenvalue weighted by Crippen LogP contribution is -1.91. The van der Waals surface area contributed by atoms with Gasteiger partial charge in [-0.1, -0.05) is 35.9 Å². The summed E-state index contributed by atoms with van der Waals surface area (Å²) in [7, 11) is 0. The fraction of sp³-hybridized carbons (Fsp3) is 0. The first-order valence-corrected chi connectivity index (χ1v) is 5.70. The van der Waals surface area contributed by atoms with Crippen molar-refractivity contribution in [2.24, 2.45) is 0 Å². The molecular formula is C12H9BrClN. The summed E-state index contributed by atoms with van der Waals surface area (Å²) in [4.78, 5) is 0. The van der Waals surface area contributed by atoms with Crippen LogP contribution in [0, 0.1) is 0 Å². The van der Waals surface area contributed by atoms with Crippen molar-refractivity contribution < 1.29 is 0 Å². The van der Waals surface area contributed by atoms with E-state index in [9.17, 15) is 0 Å². The third kappa shape index (κ3) is 2.52. The van der Waals surface area contributed by atoms with E-state index in [1.165, 1.54) is 0 Å². The van der Waals surface area contributed by atoms with Crippen molar-refractivity contribution in [1.82, 2.24) is 0 Å². The Bertz CT molecular complexity index is 436. The van der Waals surface area contributed by atoms with Crippen LogP contribution in [0.25, 0.3) is 0 Å². The molecule has 0 aliphatic rings. The molecule has 2 aromatic rings. The van der Waals surface area contributed by atoms with E-state index in [0.717, 1.165) is 15.8 Å². The minimum atomic E-state index is 0.702. The first-order valence-electron chi connectivity index (χ1n) is 4.53. The Labute approximate surface area is 102 Å². The number of rotatable bonds is 2. The Morgan fingerprint density at radius 1 is 0.933 bits per heavy atom. The largest absolute Gasteiger partial charge is 0.353 e. The van der Waals surface area contributed by atoms with E-state index in [0.29, 0.717) is 5.02 Å². The molecule has 0 aliphatic carbocycles. The number of anilines is 2. The van der Waals surface area contributed by atoms with E-state index in [2.05, 4.69) is 21.2 Å². The van der Waals surface area contributed by atoms with Crippen LogP contribution in [0.2, 0.25) is 5.02 Å². The zero-order chi connectivity index (χ0) is 10.7. The number of hydrogen-bond donors (Lipinski definition) is 1. The van der Waals surface area contributed by atoms with E-state index < -0.39 is 0 Å². The minimum absolute atomic E-state index is 0.702. The predicted molar refractivity (Wildman–Crippen MR) is 68.9 cm³/mol. The fourth-order valence-corrected chi connectivity index (χ4v) is 2.08. The van der Waals surface area contributed by atoms with E-state index in [4.69, 9.17) is 11.6 Å². The van der Waals surface area contributed by atoms with Crippen LogP contribution in [0.15, 0.2) is 53.0 Å². The van der Waals surface area contributed by atoms with Crippen LogP contribution >= 0.6 is 27.5 Å². The van der Waals surface area contributed by atoms with E-state index in [1.807, 2.05) is 48.5 Å². The van der Waals surface area contributed by atoms with Crippen molar-refractivity contribution in [3.8, 4) is 0 Å². The van der Waals surface area contributed by atoms with Crippen LogP contribution in [0.5, 0.6) is 0 Å². The molecule has 0 atom stereocenters. The van der Waals surface area contributed by atoms with E-state index >= 15 is 0 Å². The number of hydrogen-bond acceptors (Lipinski definition) is 1. The van der Waals surface area contributed by atoms with Gasteiger partial charge in [-0.25, -0.2) is 0 Å².